The van der Waals surface area contributed by atoms with Crippen molar-refractivity contribution >= 4 is 41.0 Å². The van der Waals surface area contributed by atoms with Crippen LogP contribution in [0.5, 0.6) is 0 Å². The number of rotatable bonds is 3. The molecule has 0 bridgehead atoms. The third-order valence-electron chi connectivity index (χ3n) is 3.83. The van der Waals surface area contributed by atoms with E-state index in [0.29, 0.717) is 14.6 Å². The number of nitrogen functional groups attached to an aromatic ring is 1. The molecule has 0 radical (unpaired) electrons. The van der Waals surface area contributed by atoms with Crippen molar-refractivity contribution in [3.8, 4) is 5.69 Å². The molecule has 3 N–H and O–H groups in total. The molecule has 4 nitrogen and oxygen atoms in total. The van der Waals surface area contributed by atoms with Crippen molar-refractivity contribution in [3.63, 3.8) is 0 Å². The van der Waals surface area contributed by atoms with Crippen molar-refractivity contribution in [3.05, 3.63) is 68.5 Å². The van der Waals surface area contributed by atoms with E-state index in [-0.39, 0.29) is 5.91 Å². The van der Waals surface area contributed by atoms with E-state index in [9.17, 15) is 4.79 Å². The third kappa shape index (κ3) is 3.11. The normalized spacial score (nSPS) is 10.6. The Kier molecular flexibility index (Phi) is 4.51. The van der Waals surface area contributed by atoms with Gasteiger partial charge in [-0.3, -0.25) is 9.36 Å². The molecular weight excluding hydrogens is 338 g/mol. The number of carbonyl (C=O) groups is 1. The van der Waals surface area contributed by atoms with Gasteiger partial charge < -0.3 is 11.1 Å². The Hall–Kier alpha value is -2.44. The maximum absolute atomic E-state index is 12.5. The number of anilines is 2. The van der Waals surface area contributed by atoms with Crippen LogP contribution in [0.1, 0.15) is 20.8 Å². The first-order chi connectivity index (χ1) is 11.5. The van der Waals surface area contributed by atoms with Gasteiger partial charge in [-0.25, -0.2) is 0 Å². The number of nitrogens with two attached hydrogens (primary N) is 1. The van der Waals surface area contributed by atoms with E-state index in [1.54, 1.807) is 4.57 Å². The molecule has 2 aromatic carbocycles. The second kappa shape index (κ2) is 6.59. The number of carbonyl (C=O) groups excluding carboxylic acids is 1. The first-order valence-electron chi connectivity index (χ1n) is 7.42. The fourth-order valence-electron chi connectivity index (χ4n) is 2.37. The molecule has 1 aromatic heterocycles. The van der Waals surface area contributed by atoms with Crippen LogP contribution in [-0.2, 0) is 0 Å². The van der Waals surface area contributed by atoms with E-state index >= 15 is 0 Å². The van der Waals surface area contributed by atoms with E-state index in [0.717, 1.165) is 16.9 Å². The Balaban J connectivity index is 1.98. The fourth-order valence-corrected chi connectivity index (χ4v) is 3.63. The smallest absolute Gasteiger partial charge is 0.269 e. The van der Waals surface area contributed by atoms with Crippen molar-refractivity contribution in [1.29, 1.82) is 0 Å². The molecule has 0 aliphatic heterocycles. The number of aromatic nitrogens is 1. The van der Waals surface area contributed by atoms with Crippen LogP contribution in [0.3, 0.4) is 0 Å². The number of para-hydroxylation sites is 1. The lowest BCUT2D eigenvalue weighted by atomic mass is 10.1. The molecule has 1 heterocycles. The highest BCUT2D eigenvalue weighted by Gasteiger charge is 2.18. The van der Waals surface area contributed by atoms with Crippen LogP contribution in [0.4, 0.5) is 11.5 Å². The molecule has 0 unspecified atom stereocenters. The number of nitrogens with zero attached hydrogens (tertiary/aromatic N) is 1. The minimum absolute atomic E-state index is 0.252. The van der Waals surface area contributed by atoms with E-state index in [1.807, 2.05) is 62.4 Å². The van der Waals surface area contributed by atoms with E-state index < -0.39 is 0 Å². The minimum atomic E-state index is -0.252. The van der Waals surface area contributed by atoms with Crippen molar-refractivity contribution in [2.75, 3.05) is 11.1 Å². The summed E-state index contributed by atoms with van der Waals surface area (Å²) in [4.78, 5) is 12.9. The summed E-state index contributed by atoms with van der Waals surface area (Å²) in [5.41, 5.74) is 10.2. The summed E-state index contributed by atoms with van der Waals surface area (Å²) in [6.07, 6.45) is 0. The van der Waals surface area contributed by atoms with Crippen LogP contribution in [0.15, 0.2) is 48.5 Å². The van der Waals surface area contributed by atoms with Gasteiger partial charge in [-0.2, -0.15) is 0 Å². The van der Waals surface area contributed by atoms with Gasteiger partial charge in [0, 0.05) is 11.4 Å². The SMILES string of the molecule is Cc1ccc(-n2c(N)c(C(=O)Nc3ccccc3)sc2=S)cc1C. The minimum Gasteiger partial charge on any atom is -0.383 e. The summed E-state index contributed by atoms with van der Waals surface area (Å²) in [7, 11) is 0. The average molecular weight is 355 g/mol. The number of thiazole rings is 1. The standard InChI is InChI=1S/C18H17N3OS2/c1-11-8-9-14(10-12(11)2)21-16(19)15(24-18(21)23)17(22)20-13-6-4-3-5-7-13/h3-10H,19H2,1-2H3,(H,20,22). The molecule has 3 rings (SSSR count). The maximum atomic E-state index is 12.5. The summed E-state index contributed by atoms with van der Waals surface area (Å²) >= 11 is 6.64. The van der Waals surface area contributed by atoms with Gasteiger partial charge in [-0.1, -0.05) is 35.6 Å². The van der Waals surface area contributed by atoms with Crippen LogP contribution in [0, 0.1) is 17.8 Å². The largest absolute Gasteiger partial charge is 0.383 e. The van der Waals surface area contributed by atoms with E-state index in [2.05, 4.69) is 5.32 Å². The second-order valence-corrected chi connectivity index (χ2v) is 7.15. The zero-order valence-electron chi connectivity index (χ0n) is 13.4. The summed E-state index contributed by atoms with van der Waals surface area (Å²) < 4.78 is 2.29. The first-order valence-corrected chi connectivity index (χ1v) is 8.65. The number of benzene rings is 2. The van der Waals surface area contributed by atoms with Gasteiger partial charge in [0.1, 0.15) is 10.7 Å². The number of amides is 1. The van der Waals surface area contributed by atoms with E-state index in [4.69, 9.17) is 18.0 Å². The molecule has 6 heteroatoms. The zero-order chi connectivity index (χ0) is 17.3. The van der Waals surface area contributed by atoms with Crippen molar-refractivity contribution in [1.82, 2.24) is 4.57 Å². The maximum Gasteiger partial charge on any atom is 0.269 e. The van der Waals surface area contributed by atoms with Gasteiger partial charge in [0.2, 0.25) is 0 Å². The quantitative estimate of drug-likeness (QED) is 0.668. The molecule has 0 aliphatic carbocycles. The molecule has 1 amide bonds. The van der Waals surface area contributed by atoms with Gasteiger partial charge in [0.15, 0.2) is 3.95 Å². The highest BCUT2D eigenvalue weighted by atomic mass is 32.1. The molecular formula is C18H17N3OS2. The Morgan fingerprint density at radius 2 is 1.83 bits per heavy atom. The van der Waals surface area contributed by atoms with Crippen molar-refractivity contribution in [2.24, 2.45) is 0 Å². The Morgan fingerprint density at radius 1 is 1.12 bits per heavy atom. The van der Waals surface area contributed by atoms with Crippen molar-refractivity contribution < 1.29 is 4.79 Å². The lowest BCUT2D eigenvalue weighted by Gasteiger charge is -2.09. The summed E-state index contributed by atoms with van der Waals surface area (Å²) in [6, 6.07) is 15.3. The van der Waals surface area contributed by atoms with Crippen LogP contribution in [0.2, 0.25) is 0 Å². The highest BCUT2D eigenvalue weighted by Crippen LogP contribution is 2.28. The molecule has 0 fully saturated rings. The molecule has 0 saturated carbocycles. The molecule has 0 spiro atoms. The molecule has 3 aromatic rings. The van der Waals surface area contributed by atoms with Crippen LogP contribution in [0.25, 0.3) is 5.69 Å². The van der Waals surface area contributed by atoms with Crippen LogP contribution < -0.4 is 11.1 Å². The van der Waals surface area contributed by atoms with Crippen LogP contribution in [-0.4, -0.2) is 10.5 Å². The average Bonchev–Trinajstić information content (AvgIpc) is 2.86. The van der Waals surface area contributed by atoms with Gasteiger partial charge in [0.05, 0.1) is 0 Å². The Bertz CT molecular complexity index is 958. The second-order valence-electron chi connectivity index (χ2n) is 5.51. The number of hydrogen-bond acceptors (Lipinski definition) is 4. The fraction of sp³-hybridized carbons (Fsp3) is 0.111. The summed E-state index contributed by atoms with van der Waals surface area (Å²) in [6.45, 7) is 4.09. The summed E-state index contributed by atoms with van der Waals surface area (Å²) in [5, 5.41) is 2.84. The highest BCUT2D eigenvalue weighted by molar-refractivity contribution is 7.73. The van der Waals surface area contributed by atoms with Gasteiger partial charge >= 0.3 is 0 Å². The van der Waals surface area contributed by atoms with Crippen LogP contribution >= 0.6 is 23.6 Å². The van der Waals surface area contributed by atoms with E-state index in [1.165, 1.54) is 16.9 Å². The number of hydrogen-bond donors (Lipinski definition) is 2. The van der Waals surface area contributed by atoms with Gasteiger partial charge in [-0.05, 0) is 61.5 Å². The Labute approximate surface area is 149 Å². The van der Waals surface area contributed by atoms with Gasteiger partial charge in [0.25, 0.3) is 5.91 Å². The summed E-state index contributed by atoms with van der Waals surface area (Å²) in [5.74, 6) is 0.110. The molecule has 0 aliphatic rings. The lowest BCUT2D eigenvalue weighted by molar-refractivity contribution is 0.103. The van der Waals surface area contributed by atoms with Crippen molar-refractivity contribution in [2.45, 2.75) is 13.8 Å². The molecule has 24 heavy (non-hydrogen) atoms. The Morgan fingerprint density at radius 3 is 2.50 bits per heavy atom. The number of aryl methyl sites for hydroxylation is 2. The van der Waals surface area contributed by atoms with Gasteiger partial charge in [-0.15, -0.1) is 0 Å². The first kappa shape index (κ1) is 16.4. The molecule has 0 atom stereocenters. The number of nitrogens with one attached hydrogen (secondary N) is 1. The monoisotopic (exact) mass is 355 g/mol. The zero-order valence-corrected chi connectivity index (χ0v) is 15.0. The third-order valence-corrected chi connectivity index (χ3v) is 5.22. The molecule has 0 saturated heterocycles. The predicted octanol–water partition coefficient (Wildman–Crippen LogP) is 4.72. The topological polar surface area (TPSA) is 60.0 Å². The molecule has 122 valence electrons. The predicted molar refractivity (Wildman–Crippen MR) is 103 cm³/mol. The lowest BCUT2D eigenvalue weighted by Crippen LogP contribution is -2.13.